The third-order valence-electron chi connectivity index (χ3n) is 4.43. The molecular formula is C16H28O. The van der Waals surface area contributed by atoms with Gasteiger partial charge in [0.25, 0.3) is 0 Å². The summed E-state index contributed by atoms with van der Waals surface area (Å²) >= 11 is 0. The van der Waals surface area contributed by atoms with Crippen molar-refractivity contribution in [2.24, 2.45) is 11.8 Å². The molecule has 0 aromatic heterocycles. The fraction of sp³-hybridized carbons (Fsp3) is 0.875. The topological polar surface area (TPSA) is 9.23 Å². The van der Waals surface area contributed by atoms with Crippen LogP contribution >= 0.6 is 0 Å². The molecule has 1 heteroatoms. The molecule has 2 aliphatic rings. The Morgan fingerprint density at radius 1 is 1.12 bits per heavy atom. The smallest absolute Gasteiger partial charge is 0.0982 e. The van der Waals surface area contributed by atoms with Crippen molar-refractivity contribution in [2.75, 3.05) is 6.61 Å². The van der Waals surface area contributed by atoms with E-state index in [4.69, 9.17) is 4.74 Å². The van der Waals surface area contributed by atoms with Crippen LogP contribution in [0.15, 0.2) is 11.3 Å². The molecule has 1 heterocycles. The summed E-state index contributed by atoms with van der Waals surface area (Å²) < 4.78 is 6.04. The molecule has 1 aliphatic carbocycles. The predicted molar refractivity (Wildman–Crippen MR) is 72.9 cm³/mol. The van der Waals surface area contributed by atoms with Crippen LogP contribution in [0, 0.1) is 11.8 Å². The largest absolute Gasteiger partial charge is 0.498 e. The van der Waals surface area contributed by atoms with E-state index in [1.54, 1.807) is 5.57 Å². The third kappa shape index (κ3) is 3.26. The van der Waals surface area contributed by atoms with Gasteiger partial charge in [0.05, 0.1) is 12.4 Å². The van der Waals surface area contributed by atoms with E-state index in [0.717, 1.165) is 12.5 Å². The summed E-state index contributed by atoms with van der Waals surface area (Å²) in [5.74, 6) is 2.90. The maximum absolute atomic E-state index is 6.04. The molecule has 1 nitrogen and oxygen atoms in total. The Balaban J connectivity index is 2.21. The lowest BCUT2D eigenvalue weighted by Gasteiger charge is -2.29. The van der Waals surface area contributed by atoms with Gasteiger partial charge in [0.1, 0.15) is 0 Å². The molecule has 2 atom stereocenters. The van der Waals surface area contributed by atoms with Gasteiger partial charge in [-0.15, -0.1) is 0 Å². The lowest BCUT2D eigenvalue weighted by Crippen LogP contribution is -2.18. The van der Waals surface area contributed by atoms with Crippen molar-refractivity contribution in [3.05, 3.63) is 11.3 Å². The van der Waals surface area contributed by atoms with Crippen LogP contribution in [0.5, 0.6) is 0 Å². The van der Waals surface area contributed by atoms with Crippen LogP contribution in [0.4, 0.5) is 0 Å². The first-order valence-electron chi connectivity index (χ1n) is 7.68. The third-order valence-corrected chi connectivity index (χ3v) is 4.43. The second kappa shape index (κ2) is 6.47. The molecule has 0 N–H and O–H groups in total. The Morgan fingerprint density at radius 2 is 1.94 bits per heavy atom. The number of rotatable bonds is 2. The van der Waals surface area contributed by atoms with E-state index < -0.39 is 0 Å². The summed E-state index contributed by atoms with van der Waals surface area (Å²) in [4.78, 5) is 0. The summed E-state index contributed by atoms with van der Waals surface area (Å²) in [5.41, 5.74) is 1.70. The van der Waals surface area contributed by atoms with Crippen molar-refractivity contribution >= 4 is 0 Å². The van der Waals surface area contributed by atoms with E-state index in [9.17, 15) is 0 Å². The maximum atomic E-state index is 6.04. The normalized spacial score (nSPS) is 30.9. The standard InChI is InChI=1S/C16H28O/c1-3-8-14-10-6-4-5-9-13(2)16-15(14)11-7-12-17-16/h13-14H,3-12H2,1-2H3. The van der Waals surface area contributed by atoms with Gasteiger partial charge < -0.3 is 4.74 Å². The van der Waals surface area contributed by atoms with Gasteiger partial charge in [0, 0.05) is 5.92 Å². The Kier molecular flexibility index (Phi) is 4.94. The highest BCUT2D eigenvalue weighted by Gasteiger charge is 2.26. The molecule has 1 aliphatic heterocycles. The molecule has 2 unspecified atom stereocenters. The summed E-state index contributed by atoms with van der Waals surface area (Å²) in [6, 6.07) is 0. The molecule has 0 bridgehead atoms. The molecular weight excluding hydrogens is 208 g/mol. The zero-order chi connectivity index (χ0) is 12.1. The van der Waals surface area contributed by atoms with Crippen molar-refractivity contribution in [1.29, 1.82) is 0 Å². The number of allylic oxidation sites excluding steroid dienone is 2. The Bertz CT molecular complexity index is 267. The van der Waals surface area contributed by atoms with Gasteiger partial charge in [-0.2, -0.15) is 0 Å². The van der Waals surface area contributed by atoms with Crippen molar-refractivity contribution < 1.29 is 4.74 Å². The highest BCUT2D eigenvalue weighted by atomic mass is 16.5. The van der Waals surface area contributed by atoms with E-state index >= 15 is 0 Å². The van der Waals surface area contributed by atoms with E-state index in [1.807, 2.05) is 0 Å². The zero-order valence-corrected chi connectivity index (χ0v) is 11.6. The highest BCUT2D eigenvalue weighted by Crippen LogP contribution is 2.38. The first kappa shape index (κ1) is 13.0. The van der Waals surface area contributed by atoms with E-state index in [1.165, 1.54) is 63.5 Å². The first-order chi connectivity index (χ1) is 8.33. The molecule has 2 rings (SSSR count). The number of ether oxygens (including phenoxy) is 1. The average Bonchev–Trinajstić information content (AvgIpc) is 2.43. The van der Waals surface area contributed by atoms with Gasteiger partial charge in [0.2, 0.25) is 0 Å². The molecule has 98 valence electrons. The summed E-state index contributed by atoms with van der Waals surface area (Å²) in [7, 11) is 0. The monoisotopic (exact) mass is 236 g/mol. The van der Waals surface area contributed by atoms with Crippen LogP contribution < -0.4 is 0 Å². The van der Waals surface area contributed by atoms with E-state index in [-0.39, 0.29) is 0 Å². The van der Waals surface area contributed by atoms with Crippen molar-refractivity contribution in [3.8, 4) is 0 Å². The quantitative estimate of drug-likeness (QED) is 0.650. The zero-order valence-electron chi connectivity index (χ0n) is 11.6. The van der Waals surface area contributed by atoms with Gasteiger partial charge in [-0.05, 0) is 43.6 Å². The van der Waals surface area contributed by atoms with Crippen LogP contribution in [0.2, 0.25) is 0 Å². The predicted octanol–water partition coefficient (Wildman–Crippen LogP) is 5.07. The summed E-state index contributed by atoms with van der Waals surface area (Å²) in [6.07, 6.45) is 12.2. The molecule has 0 aromatic carbocycles. The molecule has 0 amide bonds. The first-order valence-corrected chi connectivity index (χ1v) is 7.68. The minimum Gasteiger partial charge on any atom is -0.498 e. The molecule has 0 fully saturated rings. The highest BCUT2D eigenvalue weighted by molar-refractivity contribution is 5.17. The van der Waals surface area contributed by atoms with Crippen LogP contribution in [0.1, 0.15) is 71.6 Å². The minimum atomic E-state index is 0.669. The summed E-state index contributed by atoms with van der Waals surface area (Å²) in [5, 5.41) is 0. The SMILES string of the molecule is CCCC1CCCCCC(C)C2=C1CCCO2. The van der Waals surface area contributed by atoms with Crippen LogP contribution in [0.3, 0.4) is 0 Å². The van der Waals surface area contributed by atoms with Crippen molar-refractivity contribution in [1.82, 2.24) is 0 Å². The summed E-state index contributed by atoms with van der Waals surface area (Å²) in [6.45, 7) is 5.65. The Morgan fingerprint density at radius 3 is 2.76 bits per heavy atom. The molecule has 17 heavy (non-hydrogen) atoms. The van der Waals surface area contributed by atoms with Gasteiger partial charge in [0.15, 0.2) is 0 Å². The number of hydrogen-bond donors (Lipinski definition) is 0. The molecule has 0 saturated carbocycles. The van der Waals surface area contributed by atoms with Gasteiger partial charge in [-0.25, -0.2) is 0 Å². The van der Waals surface area contributed by atoms with Gasteiger partial charge in [-0.3, -0.25) is 0 Å². The van der Waals surface area contributed by atoms with Gasteiger partial charge in [-0.1, -0.05) is 39.5 Å². The van der Waals surface area contributed by atoms with Gasteiger partial charge >= 0.3 is 0 Å². The molecule has 0 radical (unpaired) electrons. The minimum absolute atomic E-state index is 0.669. The van der Waals surface area contributed by atoms with Crippen LogP contribution in [-0.4, -0.2) is 6.61 Å². The average molecular weight is 236 g/mol. The second-order valence-electron chi connectivity index (χ2n) is 5.87. The fourth-order valence-corrected chi connectivity index (χ4v) is 3.52. The van der Waals surface area contributed by atoms with Crippen LogP contribution in [0.25, 0.3) is 0 Å². The lowest BCUT2D eigenvalue weighted by atomic mass is 9.84. The van der Waals surface area contributed by atoms with E-state index in [0.29, 0.717) is 5.92 Å². The Hall–Kier alpha value is -0.460. The van der Waals surface area contributed by atoms with Crippen molar-refractivity contribution in [3.63, 3.8) is 0 Å². The van der Waals surface area contributed by atoms with Crippen LogP contribution in [-0.2, 0) is 4.74 Å². The van der Waals surface area contributed by atoms with Crippen molar-refractivity contribution in [2.45, 2.75) is 71.6 Å². The molecule has 0 saturated heterocycles. The molecule has 0 aromatic rings. The number of hydrogen-bond acceptors (Lipinski definition) is 1. The lowest BCUT2D eigenvalue weighted by molar-refractivity contribution is 0.148. The fourth-order valence-electron chi connectivity index (χ4n) is 3.52. The van der Waals surface area contributed by atoms with E-state index in [2.05, 4.69) is 13.8 Å². The molecule has 0 spiro atoms. The Labute approximate surface area is 107 Å². The second-order valence-corrected chi connectivity index (χ2v) is 5.87. The maximum Gasteiger partial charge on any atom is 0.0982 e.